The van der Waals surface area contributed by atoms with Gasteiger partial charge in [-0.1, -0.05) is 65.1 Å². The topological polar surface area (TPSA) is 91.8 Å². The third-order valence-electron chi connectivity index (χ3n) is 3.29. The number of ether oxygens (including phenoxy) is 1. The summed E-state index contributed by atoms with van der Waals surface area (Å²) in [6.07, 6.45) is 1.58. The molecule has 1 unspecified atom stereocenters. The highest BCUT2D eigenvalue weighted by Crippen LogP contribution is 2.26. The zero-order valence-corrected chi connectivity index (χ0v) is 15.8. The first-order valence-electron chi connectivity index (χ1n) is 7.60. The minimum Gasteiger partial charge on any atom is -0.457 e. The van der Waals surface area contributed by atoms with E-state index >= 15 is 0 Å². The Morgan fingerprint density at radius 2 is 1.92 bits per heavy atom. The second-order valence-corrected chi connectivity index (χ2v) is 7.39. The first kappa shape index (κ1) is 21.5. The summed E-state index contributed by atoms with van der Waals surface area (Å²) < 4.78 is 2.63. The SMILES string of the molecule is CCOC(=O)C(=[N+]=[N-])C(CCCc1ccccc1)NC(=O)C(Cl)(Cl)Cl. The van der Waals surface area contributed by atoms with E-state index in [1.165, 1.54) is 0 Å². The van der Waals surface area contributed by atoms with Gasteiger partial charge in [0.25, 0.3) is 9.70 Å². The predicted octanol–water partition coefficient (Wildman–Crippen LogP) is 3.10. The monoisotopic (exact) mass is 405 g/mol. The Kier molecular flexibility index (Phi) is 8.93. The second-order valence-electron chi connectivity index (χ2n) is 5.11. The third kappa shape index (κ3) is 7.45. The van der Waals surface area contributed by atoms with Crippen LogP contribution in [0.3, 0.4) is 0 Å². The molecule has 25 heavy (non-hydrogen) atoms. The number of hydrogen-bond acceptors (Lipinski definition) is 3. The van der Waals surface area contributed by atoms with Crippen molar-refractivity contribution in [3.8, 4) is 0 Å². The summed E-state index contributed by atoms with van der Waals surface area (Å²) in [5.74, 6) is -1.77. The molecule has 1 N–H and O–H groups in total. The number of nitrogens with zero attached hydrogens (tertiary/aromatic N) is 2. The number of carbonyl (C=O) groups is 2. The molecule has 0 heterocycles. The smallest absolute Gasteiger partial charge is 0.419 e. The molecule has 6 nitrogen and oxygen atoms in total. The molecular weight excluding hydrogens is 389 g/mol. The molecule has 0 aliphatic carbocycles. The van der Waals surface area contributed by atoms with Crippen LogP contribution in [0.15, 0.2) is 30.3 Å². The van der Waals surface area contributed by atoms with Gasteiger partial charge in [-0.2, -0.15) is 4.79 Å². The molecule has 1 aromatic rings. The van der Waals surface area contributed by atoms with Crippen molar-refractivity contribution in [2.45, 2.75) is 36.0 Å². The summed E-state index contributed by atoms with van der Waals surface area (Å²) in [5, 5.41) is 2.41. The van der Waals surface area contributed by atoms with Gasteiger partial charge in [-0.3, -0.25) is 4.79 Å². The highest BCUT2D eigenvalue weighted by Gasteiger charge is 2.38. The number of halogens is 3. The first-order chi connectivity index (χ1) is 11.8. The number of hydrogen-bond donors (Lipinski definition) is 1. The van der Waals surface area contributed by atoms with Gasteiger partial charge >= 0.3 is 11.7 Å². The lowest BCUT2D eigenvalue weighted by Gasteiger charge is -2.17. The Balaban J connectivity index is 2.84. The minimum absolute atomic E-state index is 0.0903. The van der Waals surface area contributed by atoms with Gasteiger partial charge in [-0.15, -0.1) is 0 Å². The Hall–Kier alpha value is -1.59. The molecule has 0 fully saturated rings. The van der Waals surface area contributed by atoms with Crippen LogP contribution in [0.4, 0.5) is 0 Å². The Labute approximate surface area is 161 Å². The van der Waals surface area contributed by atoms with Gasteiger partial charge in [0, 0.05) is 0 Å². The zero-order valence-electron chi connectivity index (χ0n) is 13.5. The van der Waals surface area contributed by atoms with Crippen LogP contribution in [-0.4, -0.2) is 38.8 Å². The molecule has 1 aromatic carbocycles. The summed E-state index contributed by atoms with van der Waals surface area (Å²) in [5.41, 5.74) is 9.90. The maximum absolute atomic E-state index is 11.9. The van der Waals surface area contributed by atoms with Gasteiger partial charge < -0.3 is 15.6 Å². The molecule has 0 saturated heterocycles. The van der Waals surface area contributed by atoms with Crippen LogP contribution in [0, 0.1) is 0 Å². The predicted molar refractivity (Wildman–Crippen MR) is 96.9 cm³/mol. The van der Waals surface area contributed by atoms with E-state index in [0.717, 1.165) is 5.56 Å². The van der Waals surface area contributed by atoms with E-state index in [4.69, 9.17) is 45.1 Å². The normalized spacial score (nSPS) is 12.0. The van der Waals surface area contributed by atoms with Gasteiger partial charge in [0.15, 0.2) is 0 Å². The van der Waals surface area contributed by atoms with E-state index in [9.17, 15) is 9.59 Å². The van der Waals surface area contributed by atoms with Crippen LogP contribution in [0.2, 0.25) is 0 Å². The number of esters is 1. The summed E-state index contributed by atoms with van der Waals surface area (Å²) in [7, 11) is 0. The number of carbonyl (C=O) groups excluding carboxylic acids is 2. The Bertz CT molecular complexity index is 641. The Morgan fingerprint density at radius 3 is 2.44 bits per heavy atom. The third-order valence-corrected chi connectivity index (χ3v) is 3.80. The summed E-state index contributed by atoms with van der Waals surface area (Å²) in [6.45, 7) is 1.70. The van der Waals surface area contributed by atoms with Crippen LogP contribution in [-0.2, 0) is 20.7 Å². The minimum atomic E-state index is -2.20. The number of benzene rings is 1. The van der Waals surface area contributed by atoms with E-state index in [0.29, 0.717) is 19.3 Å². The van der Waals surface area contributed by atoms with Crippen molar-refractivity contribution in [1.82, 2.24) is 5.32 Å². The lowest BCUT2D eigenvalue weighted by molar-refractivity contribution is -0.140. The van der Waals surface area contributed by atoms with Crippen molar-refractivity contribution in [1.29, 1.82) is 0 Å². The Morgan fingerprint density at radius 1 is 1.28 bits per heavy atom. The molecule has 1 rings (SSSR count). The maximum atomic E-state index is 11.9. The molecule has 0 aliphatic heterocycles. The average Bonchev–Trinajstić information content (AvgIpc) is 2.55. The maximum Gasteiger partial charge on any atom is 0.419 e. The van der Waals surface area contributed by atoms with Gasteiger partial charge in [0.1, 0.15) is 6.04 Å². The van der Waals surface area contributed by atoms with Crippen LogP contribution in [0.5, 0.6) is 0 Å². The largest absolute Gasteiger partial charge is 0.457 e. The molecular formula is C16H18Cl3N3O3. The highest BCUT2D eigenvalue weighted by molar-refractivity contribution is 6.76. The van der Waals surface area contributed by atoms with E-state index in [-0.39, 0.29) is 12.3 Å². The molecule has 1 atom stereocenters. The van der Waals surface area contributed by atoms with Gasteiger partial charge in [0.05, 0.1) is 6.61 Å². The molecule has 0 saturated carbocycles. The number of nitrogens with one attached hydrogen (secondary N) is 1. The fourth-order valence-corrected chi connectivity index (χ4v) is 2.29. The van der Waals surface area contributed by atoms with E-state index in [1.807, 2.05) is 30.3 Å². The molecule has 1 amide bonds. The number of amides is 1. The van der Waals surface area contributed by atoms with Gasteiger partial charge in [-0.05, 0) is 31.7 Å². The lowest BCUT2D eigenvalue weighted by Crippen LogP contribution is -2.48. The fraction of sp³-hybridized carbons (Fsp3) is 0.438. The van der Waals surface area contributed by atoms with Crippen molar-refractivity contribution in [3.63, 3.8) is 0 Å². The first-order valence-corrected chi connectivity index (χ1v) is 8.73. The molecule has 9 heteroatoms. The number of alkyl halides is 3. The lowest BCUT2D eigenvalue weighted by atomic mass is 10.0. The van der Waals surface area contributed by atoms with E-state index < -0.39 is 21.7 Å². The number of aryl methyl sites for hydroxylation is 1. The van der Waals surface area contributed by atoms with Crippen molar-refractivity contribution < 1.29 is 19.1 Å². The second kappa shape index (κ2) is 10.4. The van der Waals surface area contributed by atoms with E-state index in [1.54, 1.807) is 6.92 Å². The van der Waals surface area contributed by atoms with Crippen molar-refractivity contribution in [2.75, 3.05) is 6.61 Å². The molecule has 136 valence electrons. The fourth-order valence-electron chi connectivity index (χ4n) is 2.13. The molecule has 0 spiro atoms. The highest BCUT2D eigenvalue weighted by atomic mass is 35.6. The standard InChI is InChI=1S/C16H18Cl3N3O3/c1-2-25-14(23)13(22-20)12(21-15(24)16(17,18)19)10-6-9-11-7-4-3-5-8-11/h3-5,7-8,12H,2,6,9-10H2,1H3,(H,21,24). The van der Waals surface area contributed by atoms with Gasteiger partial charge in [0.2, 0.25) is 0 Å². The van der Waals surface area contributed by atoms with Crippen LogP contribution in [0.25, 0.3) is 5.53 Å². The van der Waals surface area contributed by atoms with Crippen LogP contribution >= 0.6 is 34.8 Å². The number of rotatable bonds is 8. The van der Waals surface area contributed by atoms with Crippen molar-refractivity contribution in [3.05, 3.63) is 41.4 Å². The van der Waals surface area contributed by atoms with E-state index in [2.05, 4.69) is 10.1 Å². The van der Waals surface area contributed by atoms with Gasteiger partial charge in [-0.25, -0.2) is 4.79 Å². The summed E-state index contributed by atoms with van der Waals surface area (Å²) >= 11 is 16.6. The van der Waals surface area contributed by atoms with Crippen molar-refractivity contribution in [2.24, 2.45) is 0 Å². The quantitative estimate of drug-likeness (QED) is 0.236. The molecule has 0 aromatic heterocycles. The molecule has 0 bridgehead atoms. The van der Waals surface area contributed by atoms with Crippen LogP contribution in [0.1, 0.15) is 25.3 Å². The summed E-state index contributed by atoms with van der Waals surface area (Å²) in [4.78, 5) is 26.8. The van der Waals surface area contributed by atoms with Crippen LogP contribution < -0.4 is 5.32 Å². The average molecular weight is 407 g/mol. The van der Waals surface area contributed by atoms with Crippen molar-refractivity contribution >= 4 is 52.4 Å². The zero-order chi connectivity index (χ0) is 18.9. The molecule has 0 aliphatic rings. The summed E-state index contributed by atoms with van der Waals surface area (Å²) in [6, 6.07) is 8.71. The molecule has 0 radical (unpaired) electrons.